The Morgan fingerprint density at radius 3 is 2.73 bits per heavy atom. The predicted molar refractivity (Wildman–Crippen MR) is 103 cm³/mol. The van der Waals surface area contributed by atoms with Crippen LogP contribution in [0.3, 0.4) is 0 Å². The number of carbonyl (C=O) groups excluding carboxylic acids is 1. The summed E-state index contributed by atoms with van der Waals surface area (Å²) in [5.74, 6) is 1.73. The Hall–Kier alpha value is -2.27. The predicted octanol–water partition coefficient (Wildman–Crippen LogP) is 3.22. The molecule has 2 aliphatic heterocycles. The van der Waals surface area contributed by atoms with Crippen molar-refractivity contribution >= 4 is 11.7 Å². The molecule has 0 spiro atoms. The SMILES string of the molecule is CCN1CCCC1CN1C(=O)CCc2c(C)nc(-c3ccccc3)nc21. The van der Waals surface area contributed by atoms with E-state index in [-0.39, 0.29) is 5.91 Å². The molecule has 1 amide bonds. The molecule has 2 aliphatic rings. The van der Waals surface area contributed by atoms with Gasteiger partial charge in [-0.15, -0.1) is 0 Å². The maximum atomic E-state index is 12.7. The highest BCUT2D eigenvalue weighted by molar-refractivity contribution is 5.95. The van der Waals surface area contributed by atoms with Gasteiger partial charge in [-0.25, -0.2) is 9.97 Å². The number of fused-ring (bicyclic) bond motifs is 1. The number of likely N-dealkylation sites (N-methyl/N-ethyl adjacent to an activating group) is 1. The molecule has 136 valence electrons. The van der Waals surface area contributed by atoms with Crippen molar-refractivity contribution in [2.24, 2.45) is 0 Å². The lowest BCUT2D eigenvalue weighted by atomic mass is 10.0. The fraction of sp³-hybridized carbons (Fsp3) is 0.476. The summed E-state index contributed by atoms with van der Waals surface area (Å²) in [6, 6.07) is 10.5. The number of amides is 1. The summed E-state index contributed by atoms with van der Waals surface area (Å²) in [6.45, 7) is 7.15. The van der Waals surface area contributed by atoms with Gasteiger partial charge >= 0.3 is 0 Å². The highest BCUT2D eigenvalue weighted by atomic mass is 16.2. The molecule has 1 unspecified atom stereocenters. The quantitative estimate of drug-likeness (QED) is 0.849. The highest BCUT2D eigenvalue weighted by Gasteiger charge is 2.33. The van der Waals surface area contributed by atoms with Crippen LogP contribution >= 0.6 is 0 Å². The van der Waals surface area contributed by atoms with E-state index < -0.39 is 0 Å². The Kier molecular flexibility index (Phi) is 4.72. The van der Waals surface area contributed by atoms with Crippen LogP contribution in [-0.2, 0) is 11.2 Å². The van der Waals surface area contributed by atoms with E-state index in [2.05, 4.69) is 11.8 Å². The average molecular weight is 350 g/mol. The average Bonchev–Trinajstić information content (AvgIpc) is 3.12. The molecular formula is C21H26N4O. The molecule has 0 bridgehead atoms. The number of anilines is 1. The van der Waals surface area contributed by atoms with Crippen LogP contribution in [0, 0.1) is 6.92 Å². The molecule has 5 nitrogen and oxygen atoms in total. The van der Waals surface area contributed by atoms with Crippen molar-refractivity contribution in [2.45, 2.75) is 45.6 Å². The van der Waals surface area contributed by atoms with Crippen LogP contribution in [0.5, 0.6) is 0 Å². The maximum absolute atomic E-state index is 12.7. The van der Waals surface area contributed by atoms with Crippen molar-refractivity contribution in [1.82, 2.24) is 14.9 Å². The first-order valence-electron chi connectivity index (χ1n) is 9.64. The van der Waals surface area contributed by atoms with Gasteiger partial charge < -0.3 is 0 Å². The second-order valence-corrected chi connectivity index (χ2v) is 7.23. The maximum Gasteiger partial charge on any atom is 0.228 e. The molecule has 0 aliphatic carbocycles. The lowest BCUT2D eigenvalue weighted by molar-refractivity contribution is -0.119. The molecule has 1 fully saturated rings. The van der Waals surface area contributed by atoms with Crippen LogP contribution in [-0.4, -0.2) is 46.5 Å². The Bertz CT molecular complexity index is 805. The van der Waals surface area contributed by atoms with E-state index in [1.54, 1.807) is 0 Å². The minimum atomic E-state index is 0.192. The summed E-state index contributed by atoms with van der Waals surface area (Å²) in [6.07, 6.45) is 3.67. The number of rotatable bonds is 4. The van der Waals surface area contributed by atoms with Gasteiger partial charge in [0.2, 0.25) is 5.91 Å². The van der Waals surface area contributed by atoms with E-state index in [0.717, 1.165) is 55.1 Å². The molecule has 1 saturated heterocycles. The van der Waals surface area contributed by atoms with E-state index in [1.165, 1.54) is 6.42 Å². The van der Waals surface area contributed by atoms with Gasteiger partial charge in [0, 0.05) is 35.8 Å². The van der Waals surface area contributed by atoms with Gasteiger partial charge in [0.15, 0.2) is 5.82 Å². The number of aryl methyl sites for hydroxylation is 1. The van der Waals surface area contributed by atoms with Crippen LogP contribution in [0.25, 0.3) is 11.4 Å². The number of nitrogens with zero attached hydrogens (tertiary/aromatic N) is 4. The molecule has 2 aromatic rings. The Morgan fingerprint density at radius 2 is 1.96 bits per heavy atom. The van der Waals surface area contributed by atoms with Gasteiger partial charge in [-0.1, -0.05) is 37.3 Å². The van der Waals surface area contributed by atoms with Crippen molar-refractivity contribution < 1.29 is 4.79 Å². The molecule has 5 heteroatoms. The number of benzene rings is 1. The zero-order valence-electron chi connectivity index (χ0n) is 15.6. The van der Waals surface area contributed by atoms with Crippen LogP contribution in [0.1, 0.15) is 37.4 Å². The summed E-state index contributed by atoms with van der Waals surface area (Å²) in [7, 11) is 0. The fourth-order valence-corrected chi connectivity index (χ4v) is 4.22. The second kappa shape index (κ2) is 7.16. The molecule has 4 rings (SSSR count). The number of hydrogen-bond acceptors (Lipinski definition) is 4. The molecule has 1 aromatic carbocycles. The standard InChI is InChI=1S/C21H26N4O/c1-3-24-13-7-10-17(24)14-25-19(26)12-11-18-15(2)22-20(23-21(18)25)16-8-5-4-6-9-16/h4-6,8-9,17H,3,7,10-14H2,1-2H3. The third-order valence-electron chi connectivity index (χ3n) is 5.67. The van der Waals surface area contributed by atoms with E-state index in [1.807, 2.05) is 42.2 Å². The minimum absolute atomic E-state index is 0.192. The van der Waals surface area contributed by atoms with Gasteiger partial charge in [0.05, 0.1) is 0 Å². The van der Waals surface area contributed by atoms with Crippen molar-refractivity contribution in [2.75, 3.05) is 24.5 Å². The number of likely N-dealkylation sites (tertiary alicyclic amines) is 1. The summed E-state index contributed by atoms with van der Waals surface area (Å²) in [5, 5.41) is 0. The van der Waals surface area contributed by atoms with Crippen LogP contribution in [0.2, 0.25) is 0 Å². The van der Waals surface area contributed by atoms with Crippen molar-refractivity contribution in [3.05, 3.63) is 41.6 Å². The van der Waals surface area contributed by atoms with Crippen LogP contribution < -0.4 is 4.90 Å². The number of aromatic nitrogens is 2. The fourth-order valence-electron chi connectivity index (χ4n) is 4.22. The Morgan fingerprint density at radius 1 is 1.15 bits per heavy atom. The van der Waals surface area contributed by atoms with Gasteiger partial charge in [-0.3, -0.25) is 14.6 Å². The van der Waals surface area contributed by atoms with Gasteiger partial charge in [-0.05, 0) is 39.3 Å². The lowest BCUT2D eigenvalue weighted by Crippen LogP contribution is -2.45. The summed E-state index contributed by atoms with van der Waals surface area (Å²) in [4.78, 5) is 26.7. The zero-order chi connectivity index (χ0) is 18.1. The van der Waals surface area contributed by atoms with E-state index >= 15 is 0 Å². The second-order valence-electron chi connectivity index (χ2n) is 7.23. The largest absolute Gasteiger partial charge is 0.299 e. The van der Waals surface area contributed by atoms with E-state index in [9.17, 15) is 4.79 Å². The molecule has 0 saturated carbocycles. The van der Waals surface area contributed by atoms with Crippen molar-refractivity contribution in [3.8, 4) is 11.4 Å². The zero-order valence-corrected chi connectivity index (χ0v) is 15.6. The molecule has 0 N–H and O–H groups in total. The van der Waals surface area contributed by atoms with Gasteiger partial charge in [-0.2, -0.15) is 0 Å². The monoisotopic (exact) mass is 350 g/mol. The smallest absolute Gasteiger partial charge is 0.228 e. The number of carbonyl (C=O) groups is 1. The van der Waals surface area contributed by atoms with Crippen LogP contribution in [0.15, 0.2) is 30.3 Å². The molecule has 1 aromatic heterocycles. The summed E-state index contributed by atoms with van der Waals surface area (Å²) in [5.41, 5.74) is 3.11. The molecule has 3 heterocycles. The van der Waals surface area contributed by atoms with Crippen LogP contribution in [0.4, 0.5) is 5.82 Å². The molecule has 26 heavy (non-hydrogen) atoms. The molecular weight excluding hydrogens is 324 g/mol. The Labute approximate surface area is 155 Å². The number of hydrogen-bond donors (Lipinski definition) is 0. The summed E-state index contributed by atoms with van der Waals surface area (Å²) >= 11 is 0. The van der Waals surface area contributed by atoms with Gasteiger partial charge in [0.25, 0.3) is 0 Å². The third kappa shape index (κ3) is 3.12. The Balaban J connectivity index is 1.72. The highest BCUT2D eigenvalue weighted by Crippen LogP contribution is 2.31. The molecule has 0 radical (unpaired) electrons. The first-order valence-corrected chi connectivity index (χ1v) is 9.64. The van der Waals surface area contributed by atoms with Crippen molar-refractivity contribution in [1.29, 1.82) is 0 Å². The lowest BCUT2D eigenvalue weighted by Gasteiger charge is -2.33. The van der Waals surface area contributed by atoms with E-state index in [4.69, 9.17) is 9.97 Å². The first kappa shape index (κ1) is 17.2. The summed E-state index contributed by atoms with van der Waals surface area (Å²) < 4.78 is 0. The third-order valence-corrected chi connectivity index (χ3v) is 5.67. The van der Waals surface area contributed by atoms with E-state index in [0.29, 0.717) is 18.3 Å². The molecule has 1 atom stereocenters. The minimum Gasteiger partial charge on any atom is -0.299 e. The first-order chi connectivity index (χ1) is 12.7. The van der Waals surface area contributed by atoms with Gasteiger partial charge in [0.1, 0.15) is 5.82 Å². The normalized spacial score (nSPS) is 20.5. The van der Waals surface area contributed by atoms with Crippen molar-refractivity contribution in [3.63, 3.8) is 0 Å². The topological polar surface area (TPSA) is 49.3 Å².